The van der Waals surface area contributed by atoms with Gasteiger partial charge in [-0.1, -0.05) is 20.3 Å². The molecule has 21 heavy (non-hydrogen) atoms. The standard InChI is InChI=1S/C17H25F2NO/c1-3-13(20)8-12-9-15(18)17(16(19)10-12)21-14-6-4-5-11(2)7-14/h9-11,13-14H,3-8,20H2,1-2H3. The van der Waals surface area contributed by atoms with Crippen molar-refractivity contribution in [1.82, 2.24) is 0 Å². The van der Waals surface area contributed by atoms with Gasteiger partial charge in [0.05, 0.1) is 6.10 Å². The van der Waals surface area contributed by atoms with Crippen molar-refractivity contribution in [3.63, 3.8) is 0 Å². The second-order valence-electron chi connectivity index (χ2n) is 6.27. The lowest BCUT2D eigenvalue weighted by atomic mass is 9.88. The van der Waals surface area contributed by atoms with E-state index in [-0.39, 0.29) is 17.9 Å². The average molecular weight is 297 g/mol. The Balaban J connectivity index is 2.09. The molecule has 118 valence electrons. The van der Waals surface area contributed by atoms with E-state index in [1.165, 1.54) is 18.6 Å². The summed E-state index contributed by atoms with van der Waals surface area (Å²) in [5.74, 6) is -0.919. The molecule has 1 aliphatic carbocycles. The van der Waals surface area contributed by atoms with Crippen LogP contribution in [-0.4, -0.2) is 12.1 Å². The summed E-state index contributed by atoms with van der Waals surface area (Å²) in [5.41, 5.74) is 6.42. The molecular formula is C17H25F2NO. The van der Waals surface area contributed by atoms with Crippen molar-refractivity contribution >= 4 is 0 Å². The van der Waals surface area contributed by atoms with Crippen LogP contribution in [0.2, 0.25) is 0 Å². The molecule has 2 rings (SSSR count). The fourth-order valence-electron chi connectivity index (χ4n) is 2.94. The number of halogens is 2. The highest BCUT2D eigenvalue weighted by Crippen LogP contribution is 2.31. The molecule has 4 heteroatoms. The van der Waals surface area contributed by atoms with Crippen LogP contribution >= 0.6 is 0 Å². The highest BCUT2D eigenvalue weighted by atomic mass is 19.1. The first kappa shape index (κ1) is 16.2. The molecule has 0 spiro atoms. The maximum Gasteiger partial charge on any atom is 0.191 e. The fraction of sp³-hybridized carbons (Fsp3) is 0.647. The second-order valence-corrected chi connectivity index (χ2v) is 6.27. The summed E-state index contributed by atoms with van der Waals surface area (Å²) >= 11 is 0. The summed E-state index contributed by atoms with van der Waals surface area (Å²) < 4.78 is 33.8. The van der Waals surface area contributed by atoms with Crippen LogP contribution in [0, 0.1) is 17.6 Å². The van der Waals surface area contributed by atoms with Gasteiger partial charge < -0.3 is 10.5 Å². The van der Waals surface area contributed by atoms with E-state index in [1.54, 1.807) is 0 Å². The molecule has 0 aromatic heterocycles. The Kier molecular flexibility index (Phi) is 5.57. The van der Waals surface area contributed by atoms with E-state index in [2.05, 4.69) is 6.92 Å². The Morgan fingerprint density at radius 2 is 1.95 bits per heavy atom. The number of ether oxygens (including phenoxy) is 1. The average Bonchev–Trinajstić information content (AvgIpc) is 2.43. The Hall–Kier alpha value is -1.16. The Labute approximate surface area is 125 Å². The fourth-order valence-corrected chi connectivity index (χ4v) is 2.94. The van der Waals surface area contributed by atoms with Crippen molar-refractivity contribution in [1.29, 1.82) is 0 Å². The molecule has 1 fully saturated rings. The minimum atomic E-state index is -0.619. The van der Waals surface area contributed by atoms with E-state index in [9.17, 15) is 8.78 Å². The zero-order valence-electron chi connectivity index (χ0n) is 12.9. The summed E-state index contributed by atoms with van der Waals surface area (Å²) in [6.07, 6.45) is 5.12. The molecule has 3 atom stereocenters. The van der Waals surface area contributed by atoms with Crippen LogP contribution in [0.25, 0.3) is 0 Å². The molecule has 0 amide bonds. The second kappa shape index (κ2) is 7.21. The lowest BCUT2D eigenvalue weighted by Gasteiger charge is -2.27. The molecule has 3 unspecified atom stereocenters. The van der Waals surface area contributed by atoms with Crippen molar-refractivity contribution < 1.29 is 13.5 Å². The monoisotopic (exact) mass is 297 g/mol. The van der Waals surface area contributed by atoms with Gasteiger partial charge in [-0.3, -0.25) is 0 Å². The van der Waals surface area contributed by atoms with E-state index in [4.69, 9.17) is 10.5 Å². The van der Waals surface area contributed by atoms with Crippen molar-refractivity contribution in [2.75, 3.05) is 0 Å². The number of nitrogens with two attached hydrogens (primary N) is 1. The first-order valence-electron chi connectivity index (χ1n) is 7.89. The van der Waals surface area contributed by atoms with Crippen molar-refractivity contribution in [3.8, 4) is 5.75 Å². The van der Waals surface area contributed by atoms with Gasteiger partial charge in [0.25, 0.3) is 0 Å². The van der Waals surface area contributed by atoms with Crippen LogP contribution in [0.5, 0.6) is 5.75 Å². The first-order chi connectivity index (χ1) is 9.99. The maximum atomic E-state index is 14.1. The predicted octanol–water partition coefficient (Wildman–Crippen LogP) is 4.20. The van der Waals surface area contributed by atoms with E-state index in [1.807, 2.05) is 6.92 Å². The third-order valence-corrected chi connectivity index (χ3v) is 4.25. The van der Waals surface area contributed by atoms with Crippen LogP contribution in [0.1, 0.15) is 51.5 Å². The van der Waals surface area contributed by atoms with Crippen LogP contribution < -0.4 is 10.5 Å². The van der Waals surface area contributed by atoms with Crippen LogP contribution in [-0.2, 0) is 6.42 Å². The van der Waals surface area contributed by atoms with Crippen LogP contribution in [0.4, 0.5) is 8.78 Å². The van der Waals surface area contributed by atoms with Crippen molar-refractivity contribution in [3.05, 3.63) is 29.3 Å². The highest BCUT2D eigenvalue weighted by Gasteiger charge is 2.23. The summed E-state index contributed by atoms with van der Waals surface area (Å²) in [6, 6.07) is 2.62. The Bertz CT molecular complexity index is 455. The molecule has 1 aromatic carbocycles. The quantitative estimate of drug-likeness (QED) is 0.884. The van der Waals surface area contributed by atoms with Gasteiger partial charge in [-0.15, -0.1) is 0 Å². The molecule has 0 bridgehead atoms. The Morgan fingerprint density at radius 3 is 2.52 bits per heavy atom. The number of hydrogen-bond acceptors (Lipinski definition) is 2. The largest absolute Gasteiger partial charge is 0.484 e. The smallest absolute Gasteiger partial charge is 0.191 e. The third kappa shape index (κ3) is 4.40. The molecule has 1 aromatic rings. The summed E-state index contributed by atoms with van der Waals surface area (Å²) in [4.78, 5) is 0. The molecule has 2 N–H and O–H groups in total. The zero-order valence-corrected chi connectivity index (χ0v) is 12.9. The van der Waals surface area contributed by atoms with Gasteiger partial charge in [-0.25, -0.2) is 8.78 Å². The Morgan fingerprint density at radius 1 is 1.29 bits per heavy atom. The van der Waals surface area contributed by atoms with Gasteiger partial charge in [0.1, 0.15) is 0 Å². The maximum absolute atomic E-state index is 14.1. The molecular weight excluding hydrogens is 272 g/mol. The molecule has 1 aliphatic rings. The SMILES string of the molecule is CCC(N)Cc1cc(F)c(OC2CCCC(C)C2)c(F)c1. The predicted molar refractivity (Wildman–Crippen MR) is 80.4 cm³/mol. The van der Waals surface area contributed by atoms with Gasteiger partial charge >= 0.3 is 0 Å². The first-order valence-corrected chi connectivity index (χ1v) is 7.89. The molecule has 1 saturated carbocycles. The molecule has 0 radical (unpaired) electrons. The zero-order chi connectivity index (χ0) is 15.4. The van der Waals surface area contributed by atoms with Crippen LogP contribution in [0.3, 0.4) is 0 Å². The molecule has 0 heterocycles. The van der Waals surface area contributed by atoms with Gasteiger partial charge in [0, 0.05) is 6.04 Å². The van der Waals surface area contributed by atoms with Gasteiger partial charge in [0.15, 0.2) is 17.4 Å². The molecule has 2 nitrogen and oxygen atoms in total. The third-order valence-electron chi connectivity index (χ3n) is 4.25. The summed E-state index contributed by atoms with van der Waals surface area (Å²) in [7, 11) is 0. The summed E-state index contributed by atoms with van der Waals surface area (Å²) in [5, 5.41) is 0. The van der Waals surface area contributed by atoms with Gasteiger partial charge in [-0.05, 0) is 55.7 Å². The minimum absolute atomic E-state index is 0.0743. The summed E-state index contributed by atoms with van der Waals surface area (Å²) in [6.45, 7) is 4.11. The molecule has 0 saturated heterocycles. The van der Waals surface area contributed by atoms with E-state index < -0.39 is 11.6 Å². The lowest BCUT2D eigenvalue weighted by Crippen LogP contribution is -2.25. The highest BCUT2D eigenvalue weighted by molar-refractivity contribution is 5.32. The van der Waals surface area contributed by atoms with E-state index in [0.717, 1.165) is 25.7 Å². The number of benzene rings is 1. The number of rotatable bonds is 5. The normalized spacial score (nSPS) is 23.9. The topological polar surface area (TPSA) is 35.2 Å². The van der Waals surface area contributed by atoms with Gasteiger partial charge in [0.2, 0.25) is 0 Å². The van der Waals surface area contributed by atoms with E-state index >= 15 is 0 Å². The van der Waals surface area contributed by atoms with Gasteiger partial charge in [-0.2, -0.15) is 0 Å². The van der Waals surface area contributed by atoms with Crippen molar-refractivity contribution in [2.45, 2.75) is 64.5 Å². The number of hydrogen-bond donors (Lipinski definition) is 1. The van der Waals surface area contributed by atoms with Crippen molar-refractivity contribution in [2.24, 2.45) is 11.7 Å². The minimum Gasteiger partial charge on any atom is -0.484 e. The lowest BCUT2D eigenvalue weighted by molar-refractivity contribution is 0.118. The van der Waals surface area contributed by atoms with E-state index in [0.29, 0.717) is 17.9 Å². The molecule has 0 aliphatic heterocycles. The van der Waals surface area contributed by atoms with Crippen LogP contribution in [0.15, 0.2) is 12.1 Å².